The number of piperidine rings is 1. The van der Waals surface area contributed by atoms with Gasteiger partial charge in [-0.1, -0.05) is 0 Å². The van der Waals surface area contributed by atoms with Crippen molar-refractivity contribution < 1.29 is 9.53 Å². The van der Waals surface area contributed by atoms with Gasteiger partial charge in [0.2, 0.25) is 5.91 Å². The average Bonchev–Trinajstić information content (AvgIpc) is 3.11. The second kappa shape index (κ2) is 6.43. The topological polar surface area (TPSA) is 58.6 Å². The van der Waals surface area contributed by atoms with Crippen molar-refractivity contribution in [2.75, 3.05) is 44.3 Å². The van der Waals surface area contributed by atoms with Gasteiger partial charge in [-0.3, -0.25) is 4.79 Å². The Morgan fingerprint density at radius 3 is 2.65 bits per heavy atom. The van der Waals surface area contributed by atoms with E-state index in [0.717, 1.165) is 57.7 Å². The molecule has 6 nitrogen and oxygen atoms in total. The van der Waals surface area contributed by atoms with Crippen molar-refractivity contribution in [1.82, 2.24) is 14.9 Å². The summed E-state index contributed by atoms with van der Waals surface area (Å²) in [4.78, 5) is 25.9. The molecule has 2 saturated heterocycles. The third-order valence-electron chi connectivity index (χ3n) is 5.32. The van der Waals surface area contributed by atoms with Gasteiger partial charge in [0.25, 0.3) is 0 Å². The summed E-state index contributed by atoms with van der Waals surface area (Å²) < 4.78 is 5.34. The molecule has 6 heteroatoms. The molecule has 1 amide bonds. The second-order valence-electron chi connectivity index (χ2n) is 6.68. The summed E-state index contributed by atoms with van der Waals surface area (Å²) in [5, 5.41) is 0. The highest BCUT2D eigenvalue weighted by molar-refractivity contribution is 5.79. The molecule has 23 heavy (non-hydrogen) atoms. The Labute approximate surface area is 136 Å². The molecule has 2 aliphatic heterocycles. The van der Waals surface area contributed by atoms with E-state index < -0.39 is 0 Å². The Kier molecular flexibility index (Phi) is 4.16. The molecule has 0 spiro atoms. The van der Waals surface area contributed by atoms with E-state index in [2.05, 4.69) is 14.9 Å². The number of nitrogens with zero attached hydrogens (tertiary/aromatic N) is 4. The molecule has 0 N–H and O–H groups in total. The van der Waals surface area contributed by atoms with Gasteiger partial charge in [-0.15, -0.1) is 0 Å². The highest BCUT2D eigenvalue weighted by Crippen LogP contribution is 2.31. The zero-order chi connectivity index (χ0) is 15.6. The Balaban J connectivity index is 1.39. The molecule has 2 fully saturated rings. The van der Waals surface area contributed by atoms with Crippen molar-refractivity contribution in [3.63, 3.8) is 0 Å². The molecular formula is C17H24N4O2. The number of rotatable bonds is 2. The van der Waals surface area contributed by atoms with Gasteiger partial charge in [-0.25, -0.2) is 9.97 Å². The summed E-state index contributed by atoms with van der Waals surface area (Å²) in [5.41, 5.74) is 2.56. The molecule has 0 bridgehead atoms. The quantitative estimate of drug-likeness (QED) is 0.816. The SMILES string of the molecule is O=C(C1CCN(c2ncnc3c2CCC3)CC1)N1CCOCC1. The van der Waals surface area contributed by atoms with Crippen LogP contribution in [-0.2, 0) is 22.4 Å². The molecule has 0 atom stereocenters. The standard InChI is InChI=1S/C17H24N4O2/c22-17(21-8-10-23-11-9-21)13-4-6-20(7-5-13)16-14-2-1-3-15(14)18-12-19-16/h12-13H,1-11H2. The Hall–Kier alpha value is -1.69. The first-order valence-electron chi connectivity index (χ1n) is 8.77. The number of hydrogen-bond acceptors (Lipinski definition) is 5. The Bertz CT molecular complexity index is 578. The second-order valence-corrected chi connectivity index (χ2v) is 6.68. The number of morpholine rings is 1. The zero-order valence-electron chi connectivity index (χ0n) is 13.5. The van der Waals surface area contributed by atoms with Crippen LogP contribution in [0, 0.1) is 5.92 Å². The van der Waals surface area contributed by atoms with Crippen molar-refractivity contribution in [3.05, 3.63) is 17.6 Å². The van der Waals surface area contributed by atoms with Crippen molar-refractivity contribution in [3.8, 4) is 0 Å². The lowest BCUT2D eigenvalue weighted by Crippen LogP contribution is -2.47. The highest BCUT2D eigenvalue weighted by atomic mass is 16.5. The molecule has 0 unspecified atom stereocenters. The van der Waals surface area contributed by atoms with E-state index in [1.807, 2.05) is 4.90 Å². The number of carbonyl (C=O) groups excluding carboxylic acids is 1. The molecule has 0 saturated carbocycles. The number of hydrogen-bond donors (Lipinski definition) is 0. The van der Waals surface area contributed by atoms with E-state index in [1.54, 1.807) is 6.33 Å². The van der Waals surface area contributed by atoms with Crippen molar-refractivity contribution in [2.24, 2.45) is 5.92 Å². The van der Waals surface area contributed by atoms with Crippen LogP contribution in [0.4, 0.5) is 5.82 Å². The van der Waals surface area contributed by atoms with Crippen LogP contribution in [0.3, 0.4) is 0 Å². The first kappa shape index (κ1) is 14.9. The van der Waals surface area contributed by atoms with Gasteiger partial charge < -0.3 is 14.5 Å². The maximum absolute atomic E-state index is 12.6. The number of aryl methyl sites for hydroxylation is 1. The normalized spacial score (nSPS) is 22.3. The Morgan fingerprint density at radius 2 is 1.87 bits per heavy atom. The van der Waals surface area contributed by atoms with Crippen LogP contribution >= 0.6 is 0 Å². The summed E-state index contributed by atoms with van der Waals surface area (Å²) in [7, 11) is 0. The van der Waals surface area contributed by atoms with Gasteiger partial charge in [0.1, 0.15) is 12.1 Å². The monoisotopic (exact) mass is 316 g/mol. The smallest absolute Gasteiger partial charge is 0.225 e. The van der Waals surface area contributed by atoms with Crippen LogP contribution in [0.5, 0.6) is 0 Å². The summed E-state index contributed by atoms with van der Waals surface area (Å²) in [6.07, 6.45) is 6.91. The highest BCUT2D eigenvalue weighted by Gasteiger charge is 2.31. The summed E-state index contributed by atoms with van der Waals surface area (Å²) in [6, 6.07) is 0. The predicted octanol–water partition coefficient (Wildman–Crippen LogP) is 1.04. The van der Waals surface area contributed by atoms with E-state index in [1.165, 1.54) is 17.7 Å². The summed E-state index contributed by atoms with van der Waals surface area (Å²) in [6.45, 7) is 4.70. The van der Waals surface area contributed by atoms with Gasteiger partial charge in [0, 0.05) is 43.4 Å². The molecule has 3 heterocycles. The minimum Gasteiger partial charge on any atom is -0.378 e. The maximum atomic E-state index is 12.6. The molecule has 3 aliphatic rings. The van der Waals surface area contributed by atoms with Gasteiger partial charge in [0.15, 0.2) is 0 Å². The summed E-state index contributed by atoms with van der Waals surface area (Å²) >= 11 is 0. The van der Waals surface area contributed by atoms with Crippen LogP contribution in [0.25, 0.3) is 0 Å². The van der Waals surface area contributed by atoms with Crippen LogP contribution in [0.1, 0.15) is 30.5 Å². The first-order chi connectivity index (χ1) is 11.3. The van der Waals surface area contributed by atoms with E-state index in [9.17, 15) is 4.79 Å². The van der Waals surface area contributed by atoms with E-state index in [-0.39, 0.29) is 5.92 Å². The minimum absolute atomic E-state index is 0.166. The molecule has 4 rings (SSSR count). The van der Waals surface area contributed by atoms with Crippen molar-refractivity contribution in [1.29, 1.82) is 0 Å². The largest absolute Gasteiger partial charge is 0.378 e. The average molecular weight is 316 g/mol. The lowest BCUT2D eigenvalue weighted by atomic mass is 9.94. The van der Waals surface area contributed by atoms with Gasteiger partial charge in [-0.05, 0) is 32.1 Å². The lowest BCUT2D eigenvalue weighted by molar-refractivity contribution is -0.140. The molecule has 1 aromatic heterocycles. The van der Waals surface area contributed by atoms with E-state index in [4.69, 9.17) is 4.74 Å². The zero-order valence-corrected chi connectivity index (χ0v) is 13.5. The molecule has 0 radical (unpaired) electrons. The van der Waals surface area contributed by atoms with Crippen LogP contribution in [-0.4, -0.2) is 60.2 Å². The van der Waals surface area contributed by atoms with Crippen molar-refractivity contribution >= 4 is 11.7 Å². The number of amides is 1. The number of aromatic nitrogens is 2. The lowest BCUT2D eigenvalue weighted by Gasteiger charge is -2.36. The number of carbonyl (C=O) groups is 1. The third kappa shape index (κ3) is 2.92. The fourth-order valence-corrected chi connectivity index (χ4v) is 3.99. The molecule has 1 aromatic rings. The number of fused-ring (bicyclic) bond motifs is 1. The van der Waals surface area contributed by atoms with Crippen LogP contribution in [0.2, 0.25) is 0 Å². The molecule has 124 valence electrons. The number of anilines is 1. The predicted molar refractivity (Wildman–Crippen MR) is 86.4 cm³/mol. The summed E-state index contributed by atoms with van der Waals surface area (Å²) in [5.74, 6) is 1.60. The van der Waals surface area contributed by atoms with E-state index in [0.29, 0.717) is 19.1 Å². The van der Waals surface area contributed by atoms with Crippen LogP contribution < -0.4 is 4.90 Å². The van der Waals surface area contributed by atoms with Gasteiger partial charge in [0.05, 0.1) is 13.2 Å². The first-order valence-corrected chi connectivity index (χ1v) is 8.77. The van der Waals surface area contributed by atoms with Gasteiger partial charge in [-0.2, -0.15) is 0 Å². The minimum atomic E-state index is 0.166. The third-order valence-corrected chi connectivity index (χ3v) is 5.32. The van der Waals surface area contributed by atoms with Crippen molar-refractivity contribution in [2.45, 2.75) is 32.1 Å². The fourth-order valence-electron chi connectivity index (χ4n) is 3.99. The molecule has 1 aliphatic carbocycles. The fraction of sp³-hybridized carbons (Fsp3) is 0.706. The molecule has 0 aromatic carbocycles. The Morgan fingerprint density at radius 1 is 1.09 bits per heavy atom. The van der Waals surface area contributed by atoms with Crippen LogP contribution in [0.15, 0.2) is 6.33 Å². The van der Waals surface area contributed by atoms with E-state index >= 15 is 0 Å². The van der Waals surface area contributed by atoms with Gasteiger partial charge >= 0.3 is 0 Å². The maximum Gasteiger partial charge on any atom is 0.225 e. The number of ether oxygens (including phenoxy) is 1. The molecular weight excluding hydrogens is 292 g/mol.